The van der Waals surface area contributed by atoms with Crippen molar-refractivity contribution in [1.82, 2.24) is 4.98 Å². The normalized spacial score (nSPS) is 15.9. The average molecular weight is 252 g/mol. The lowest BCUT2D eigenvalue weighted by Gasteiger charge is -2.34. The Balaban J connectivity index is 2.32. The second-order valence-electron chi connectivity index (χ2n) is 5.27. The Bertz CT molecular complexity index is 437. The van der Waals surface area contributed by atoms with Crippen LogP contribution in [0.5, 0.6) is 0 Å². The summed E-state index contributed by atoms with van der Waals surface area (Å²) in [5.74, 6) is 0.276. The molecule has 94 valence electrons. The quantitative estimate of drug-likeness (QED) is 0.827. The van der Waals surface area contributed by atoms with E-state index in [4.69, 9.17) is 0 Å². The Hall–Kier alpha value is -0.900. The molecule has 4 heteroatoms. The molecule has 0 unspecified atom stereocenters. The highest BCUT2D eigenvalue weighted by atomic mass is 32.1. The zero-order valence-corrected chi connectivity index (χ0v) is 11.9. The summed E-state index contributed by atoms with van der Waals surface area (Å²) in [4.78, 5) is 19.5. The van der Waals surface area contributed by atoms with E-state index in [0.717, 1.165) is 35.0 Å². The maximum Gasteiger partial charge on any atom is 0.186 e. The molecule has 0 aliphatic heterocycles. The highest BCUT2D eigenvalue weighted by molar-refractivity contribution is 7.17. The van der Waals surface area contributed by atoms with Gasteiger partial charge in [0.1, 0.15) is 0 Å². The second kappa shape index (κ2) is 4.41. The Labute approximate surface area is 107 Å². The van der Waals surface area contributed by atoms with Gasteiger partial charge in [-0.05, 0) is 33.1 Å². The largest absolute Gasteiger partial charge is 0.346 e. The van der Waals surface area contributed by atoms with Gasteiger partial charge in [-0.15, -0.1) is 0 Å². The Morgan fingerprint density at radius 1 is 1.41 bits per heavy atom. The molecule has 0 bridgehead atoms. The van der Waals surface area contributed by atoms with Gasteiger partial charge in [-0.3, -0.25) is 4.79 Å². The molecule has 1 aromatic heterocycles. The molecular formula is C13H20N2OS. The SMILES string of the molecule is CCC(C)(C)N(C)c1nc2c(s1)C(=O)CCC2. The van der Waals surface area contributed by atoms with Crippen molar-refractivity contribution in [3.8, 4) is 0 Å². The van der Waals surface area contributed by atoms with Crippen LogP contribution in [0.1, 0.15) is 55.4 Å². The van der Waals surface area contributed by atoms with E-state index in [0.29, 0.717) is 6.42 Å². The number of rotatable bonds is 3. The van der Waals surface area contributed by atoms with Crippen molar-refractivity contribution in [2.24, 2.45) is 0 Å². The first-order valence-corrected chi connectivity index (χ1v) is 7.04. The van der Waals surface area contributed by atoms with Crippen LogP contribution in [0.15, 0.2) is 0 Å². The minimum Gasteiger partial charge on any atom is -0.346 e. The van der Waals surface area contributed by atoms with Crippen molar-refractivity contribution < 1.29 is 4.79 Å². The fourth-order valence-electron chi connectivity index (χ4n) is 1.90. The van der Waals surface area contributed by atoms with Crippen LogP contribution in [0, 0.1) is 0 Å². The molecule has 0 saturated heterocycles. The van der Waals surface area contributed by atoms with Crippen LogP contribution in [0.4, 0.5) is 5.13 Å². The van der Waals surface area contributed by atoms with Gasteiger partial charge in [0.05, 0.1) is 10.6 Å². The number of nitrogens with zero attached hydrogens (tertiary/aromatic N) is 2. The smallest absolute Gasteiger partial charge is 0.186 e. The molecule has 0 spiro atoms. The molecular weight excluding hydrogens is 232 g/mol. The predicted octanol–water partition coefficient (Wildman–Crippen LogP) is 3.29. The van der Waals surface area contributed by atoms with Crippen LogP contribution in [0.3, 0.4) is 0 Å². The van der Waals surface area contributed by atoms with Gasteiger partial charge in [0.2, 0.25) is 0 Å². The number of aromatic nitrogens is 1. The number of aryl methyl sites for hydroxylation is 1. The van der Waals surface area contributed by atoms with Crippen LogP contribution in [0.2, 0.25) is 0 Å². The van der Waals surface area contributed by atoms with Gasteiger partial charge < -0.3 is 4.90 Å². The molecule has 0 N–H and O–H groups in total. The second-order valence-corrected chi connectivity index (χ2v) is 6.25. The number of anilines is 1. The lowest BCUT2D eigenvalue weighted by atomic mass is 10.0. The zero-order chi connectivity index (χ0) is 12.6. The van der Waals surface area contributed by atoms with E-state index in [1.165, 1.54) is 0 Å². The summed E-state index contributed by atoms with van der Waals surface area (Å²) in [7, 11) is 2.07. The Morgan fingerprint density at radius 3 is 2.71 bits per heavy atom. The molecule has 1 heterocycles. The molecule has 0 radical (unpaired) electrons. The summed E-state index contributed by atoms with van der Waals surface area (Å²) in [6.45, 7) is 6.58. The van der Waals surface area contributed by atoms with Gasteiger partial charge >= 0.3 is 0 Å². The summed E-state index contributed by atoms with van der Waals surface area (Å²) < 4.78 is 0. The van der Waals surface area contributed by atoms with Gasteiger partial charge in [0, 0.05) is 19.0 Å². The summed E-state index contributed by atoms with van der Waals surface area (Å²) in [6.07, 6.45) is 3.66. The first kappa shape index (κ1) is 12.6. The first-order chi connectivity index (χ1) is 7.95. The number of Topliss-reactive ketones (excluding diaryl/α,β-unsaturated/α-hetero) is 1. The molecule has 1 aromatic rings. The highest BCUT2D eigenvalue weighted by Gasteiger charge is 2.28. The number of fused-ring (bicyclic) bond motifs is 1. The van der Waals surface area contributed by atoms with Gasteiger partial charge in [-0.25, -0.2) is 4.98 Å². The predicted molar refractivity (Wildman–Crippen MR) is 72.2 cm³/mol. The first-order valence-electron chi connectivity index (χ1n) is 6.22. The van der Waals surface area contributed by atoms with E-state index in [1.807, 2.05) is 0 Å². The third kappa shape index (κ3) is 2.23. The lowest BCUT2D eigenvalue weighted by molar-refractivity contribution is 0.0976. The number of thiazole rings is 1. The van der Waals surface area contributed by atoms with E-state index in [9.17, 15) is 4.79 Å². The van der Waals surface area contributed by atoms with Gasteiger partial charge in [-0.2, -0.15) is 0 Å². The molecule has 3 nitrogen and oxygen atoms in total. The van der Waals surface area contributed by atoms with Gasteiger partial charge in [-0.1, -0.05) is 18.3 Å². The number of carbonyl (C=O) groups excluding carboxylic acids is 1. The van der Waals surface area contributed by atoms with Crippen LogP contribution >= 0.6 is 11.3 Å². The topological polar surface area (TPSA) is 33.2 Å². The maximum atomic E-state index is 11.8. The van der Waals surface area contributed by atoms with E-state index in [2.05, 4.69) is 37.7 Å². The van der Waals surface area contributed by atoms with Crippen molar-refractivity contribution in [3.05, 3.63) is 10.6 Å². The molecule has 0 atom stereocenters. The fraction of sp³-hybridized carbons (Fsp3) is 0.692. The number of ketones is 1. The molecule has 2 rings (SSSR count). The van der Waals surface area contributed by atoms with Crippen molar-refractivity contribution in [3.63, 3.8) is 0 Å². The monoisotopic (exact) mass is 252 g/mol. The Morgan fingerprint density at radius 2 is 2.12 bits per heavy atom. The third-order valence-electron chi connectivity index (χ3n) is 3.82. The molecule has 1 aliphatic rings. The molecule has 0 saturated carbocycles. The summed E-state index contributed by atoms with van der Waals surface area (Å²) >= 11 is 1.56. The maximum absolute atomic E-state index is 11.8. The molecule has 1 aliphatic carbocycles. The van der Waals surface area contributed by atoms with Crippen molar-refractivity contribution >= 4 is 22.3 Å². The molecule has 17 heavy (non-hydrogen) atoms. The molecule has 0 aromatic carbocycles. The minimum absolute atomic E-state index is 0.0868. The number of hydrogen-bond acceptors (Lipinski definition) is 4. The summed E-state index contributed by atoms with van der Waals surface area (Å²) in [5, 5.41) is 0.983. The van der Waals surface area contributed by atoms with Crippen LogP contribution in [-0.4, -0.2) is 23.4 Å². The van der Waals surface area contributed by atoms with Crippen LogP contribution in [-0.2, 0) is 6.42 Å². The van der Waals surface area contributed by atoms with E-state index in [-0.39, 0.29) is 11.3 Å². The fourth-order valence-corrected chi connectivity index (χ4v) is 3.10. The third-order valence-corrected chi connectivity index (χ3v) is 5.03. The van der Waals surface area contributed by atoms with E-state index >= 15 is 0 Å². The van der Waals surface area contributed by atoms with E-state index < -0.39 is 0 Å². The molecule has 0 amide bonds. The van der Waals surface area contributed by atoms with Crippen molar-refractivity contribution in [2.75, 3.05) is 11.9 Å². The van der Waals surface area contributed by atoms with Gasteiger partial charge in [0.25, 0.3) is 0 Å². The minimum atomic E-state index is 0.0868. The van der Waals surface area contributed by atoms with Crippen LogP contribution in [0.25, 0.3) is 0 Å². The van der Waals surface area contributed by atoms with Crippen molar-refractivity contribution in [1.29, 1.82) is 0 Å². The summed E-state index contributed by atoms with van der Waals surface area (Å²) in [5.41, 5.74) is 1.10. The van der Waals surface area contributed by atoms with Crippen molar-refractivity contribution in [2.45, 2.75) is 52.0 Å². The van der Waals surface area contributed by atoms with Crippen LogP contribution < -0.4 is 4.90 Å². The Kier molecular flexibility index (Phi) is 3.25. The highest BCUT2D eigenvalue weighted by Crippen LogP contribution is 2.34. The summed E-state index contributed by atoms with van der Waals surface area (Å²) in [6, 6.07) is 0. The molecule has 0 fully saturated rings. The number of carbonyl (C=O) groups is 1. The standard InChI is InChI=1S/C13H20N2OS/c1-5-13(2,3)15(4)12-14-9-7-6-8-10(16)11(9)17-12/h5-8H2,1-4H3. The van der Waals surface area contributed by atoms with E-state index in [1.54, 1.807) is 11.3 Å². The lowest BCUT2D eigenvalue weighted by Crippen LogP contribution is -2.40. The number of hydrogen-bond donors (Lipinski definition) is 0. The zero-order valence-electron chi connectivity index (χ0n) is 11.0. The average Bonchev–Trinajstić information content (AvgIpc) is 2.73. The van der Waals surface area contributed by atoms with Gasteiger partial charge in [0.15, 0.2) is 10.9 Å².